The van der Waals surface area contributed by atoms with E-state index in [0.717, 1.165) is 39.3 Å². The molecule has 7 heteroatoms. The van der Waals surface area contributed by atoms with E-state index in [9.17, 15) is 10.2 Å². The highest BCUT2D eigenvalue weighted by molar-refractivity contribution is 4.89. The molecule has 0 aromatic carbocycles. The van der Waals surface area contributed by atoms with Crippen LogP contribution in [-0.4, -0.2) is 86.9 Å². The zero-order valence-corrected chi connectivity index (χ0v) is 14.2. The van der Waals surface area contributed by atoms with E-state index in [1.54, 1.807) is 0 Å². The van der Waals surface area contributed by atoms with E-state index >= 15 is 0 Å². The lowest BCUT2D eigenvalue weighted by molar-refractivity contribution is 0.210. The molecule has 7 nitrogen and oxygen atoms in total. The maximum atomic E-state index is 9.53. The second-order valence-corrected chi connectivity index (χ2v) is 6.73. The summed E-state index contributed by atoms with van der Waals surface area (Å²) in [6.07, 6.45) is 4.88. The Labute approximate surface area is 140 Å². The van der Waals surface area contributed by atoms with E-state index in [4.69, 9.17) is 0 Å². The van der Waals surface area contributed by atoms with E-state index in [0.29, 0.717) is 12.1 Å². The fourth-order valence-corrected chi connectivity index (χ4v) is 3.46. The Bertz CT molecular complexity index is 280. The highest BCUT2D eigenvalue weighted by atomic mass is 16.3. The quantitative estimate of drug-likeness (QED) is 0.314. The first-order chi connectivity index (χ1) is 11.3. The molecule has 0 unspecified atom stereocenters. The summed E-state index contributed by atoms with van der Waals surface area (Å²) >= 11 is 0. The SMILES string of the molecule is OC[C@H]1CN[C@@H]2CCCC[C@H]2NC[C@H](CO)NCCNCCN1. The molecule has 7 N–H and O–H groups in total. The van der Waals surface area contributed by atoms with Crippen molar-refractivity contribution in [3.05, 3.63) is 0 Å². The molecule has 1 saturated heterocycles. The molecule has 0 spiro atoms. The summed E-state index contributed by atoms with van der Waals surface area (Å²) in [5.41, 5.74) is 0. The van der Waals surface area contributed by atoms with Crippen LogP contribution in [0.2, 0.25) is 0 Å². The summed E-state index contributed by atoms with van der Waals surface area (Å²) in [6.45, 7) is 5.36. The van der Waals surface area contributed by atoms with Gasteiger partial charge >= 0.3 is 0 Å². The Hall–Kier alpha value is -0.280. The van der Waals surface area contributed by atoms with Crippen molar-refractivity contribution in [3.63, 3.8) is 0 Å². The van der Waals surface area contributed by atoms with E-state index in [1.807, 2.05) is 0 Å². The first-order valence-electron chi connectivity index (χ1n) is 9.19. The number of hydrogen-bond donors (Lipinski definition) is 7. The van der Waals surface area contributed by atoms with Gasteiger partial charge < -0.3 is 36.8 Å². The molecule has 0 bridgehead atoms. The third-order valence-electron chi connectivity index (χ3n) is 4.93. The summed E-state index contributed by atoms with van der Waals surface area (Å²) < 4.78 is 0. The van der Waals surface area contributed by atoms with Crippen LogP contribution >= 0.6 is 0 Å². The van der Waals surface area contributed by atoms with Crippen LogP contribution in [0.1, 0.15) is 25.7 Å². The van der Waals surface area contributed by atoms with E-state index in [-0.39, 0.29) is 25.3 Å². The van der Waals surface area contributed by atoms with Crippen molar-refractivity contribution in [2.24, 2.45) is 0 Å². The Balaban J connectivity index is 1.91. The maximum Gasteiger partial charge on any atom is 0.0597 e. The van der Waals surface area contributed by atoms with Crippen molar-refractivity contribution in [1.82, 2.24) is 26.6 Å². The first kappa shape index (κ1) is 19.1. The molecule has 2 aliphatic rings. The Morgan fingerprint density at radius 2 is 1.13 bits per heavy atom. The summed E-state index contributed by atoms with van der Waals surface area (Å²) in [6, 6.07) is 1.10. The van der Waals surface area contributed by atoms with E-state index in [1.165, 1.54) is 25.7 Å². The van der Waals surface area contributed by atoms with Gasteiger partial charge in [0, 0.05) is 63.4 Å². The molecule has 23 heavy (non-hydrogen) atoms. The minimum Gasteiger partial charge on any atom is -0.395 e. The fourth-order valence-electron chi connectivity index (χ4n) is 3.46. The van der Waals surface area contributed by atoms with Crippen molar-refractivity contribution in [2.45, 2.75) is 49.9 Å². The minimum absolute atomic E-state index is 0.104. The molecular formula is C16H35N5O2. The summed E-state index contributed by atoms with van der Waals surface area (Å²) in [5.74, 6) is 0. The molecule has 0 radical (unpaired) electrons. The van der Waals surface area contributed by atoms with Crippen LogP contribution in [0, 0.1) is 0 Å². The van der Waals surface area contributed by atoms with Gasteiger partial charge in [-0.2, -0.15) is 0 Å². The zero-order chi connectivity index (χ0) is 16.3. The zero-order valence-electron chi connectivity index (χ0n) is 14.2. The van der Waals surface area contributed by atoms with Crippen molar-refractivity contribution in [3.8, 4) is 0 Å². The monoisotopic (exact) mass is 329 g/mol. The summed E-state index contributed by atoms with van der Waals surface area (Å²) in [7, 11) is 0. The van der Waals surface area contributed by atoms with Crippen LogP contribution in [0.25, 0.3) is 0 Å². The third kappa shape index (κ3) is 7.01. The summed E-state index contributed by atoms with van der Waals surface area (Å²) in [5, 5.41) is 36.5. The number of rotatable bonds is 2. The lowest BCUT2D eigenvalue weighted by atomic mass is 9.90. The number of hydrogen-bond acceptors (Lipinski definition) is 7. The number of fused-ring (bicyclic) bond motifs is 1. The second-order valence-electron chi connectivity index (χ2n) is 6.73. The van der Waals surface area contributed by atoms with Gasteiger partial charge in [-0.05, 0) is 12.8 Å². The van der Waals surface area contributed by atoms with Gasteiger partial charge in [0.1, 0.15) is 0 Å². The highest BCUT2D eigenvalue weighted by Gasteiger charge is 2.25. The molecule has 0 aromatic heterocycles. The first-order valence-corrected chi connectivity index (χ1v) is 9.19. The average Bonchev–Trinajstić information content (AvgIpc) is 2.60. The molecule has 136 valence electrons. The molecule has 1 saturated carbocycles. The van der Waals surface area contributed by atoms with Crippen molar-refractivity contribution < 1.29 is 10.2 Å². The van der Waals surface area contributed by atoms with Gasteiger partial charge in [-0.1, -0.05) is 12.8 Å². The molecule has 1 heterocycles. The third-order valence-corrected chi connectivity index (χ3v) is 4.93. The van der Waals surface area contributed by atoms with E-state index in [2.05, 4.69) is 26.6 Å². The Morgan fingerprint density at radius 1 is 0.652 bits per heavy atom. The van der Waals surface area contributed by atoms with Crippen LogP contribution < -0.4 is 26.6 Å². The largest absolute Gasteiger partial charge is 0.395 e. The Kier molecular flexibility index (Phi) is 9.36. The fraction of sp³-hybridized carbons (Fsp3) is 1.00. The summed E-state index contributed by atoms with van der Waals surface area (Å²) in [4.78, 5) is 0. The topological polar surface area (TPSA) is 101 Å². The van der Waals surface area contributed by atoms with Crippen LogP contribution in [0.5, 0.6) is 0 Å². The average molecular weight is 329 g/mol. The van der Waals surface area contributed by atoms with Crippen LogP contribution in [0.15, 0.2) is 0 Å². The van der Waals surface area contributed by atoms with Crippen molar-refractivity contribution in [1.29, 1.82) is 0 Å². The van der Waals surface area contributed by atoms with Gasteiger partial charge in [0.15, 0.2) is 0 Å². The highest BCUT2D eigenvalue weighted by Crippen LogP contribution is 2.18. The van der Waals surface area contributed by atoms with Gasteiger partial charge in [0.2, 0.25) is 0 Å². The van der Waals surface area contributed by atoms with Crippen LogP contribution in [0.4, 0.5) is 0 Å². The molecule has 1 aliphatic heterocycles. The van der Waals surface area contributed by atoms with Crippen molar-refractivity contribution >= 4 is 0 Å². The molecular weight excluding hydrogens is 294 g/mol. The number of aliphatic hydroxyl groups excluding tert-OH is 2. The molecule has 1 aliphatic carbocycles. The van der Waals surface area contributed by atoms with Crippen molar-refractivity contribution in [2.75, 3.05) is 52.5 Å². The van der Waals surface area contributed by atoms with Gasteiger partial charge in [-0.3, -0.25) is 0 Å². The van der Waals surface area contributed by atoms with Gasteiger partial charge in [0.25, 0.3) is 0 Å². The van der Waals surface area contributed by atoms with E-state index < -0.39 is 0 Å². The standard InChI is InChI=1S/C16H35N5O2/c22-11-13-9-20-15-3-1-2-4-16(15)21-10-14(12-23)19-8-6-17-5-7-18-13/h13-23H,1-12H2/t13-,14-,15-,16-/m1/s1. The molecule has 4 atom stereocenters. The lowest BCUT2D eigenvalue weighted by Gasteiger charge is -2.35. The normalized spacial score (nSPS) is 35.7. The molecule has 0 amide bonds. The minimum atomic E-state index is 0.104. The molecule has 0 aromatic rings. The lowest BCUT2D eigenvalue weighted by Crippen LogP contribution is -2.55. The van der Waals surface area contributed by atoms with Gasteiger partial charge in [-0.15, -0.1) is 0 Å². The van der Waals surface area contributed by atoms with Crippen LogP contribution in [-0.2, 0) is 0 Å². The predicted octanol–water partition coefficient (Wildman–Crippen LogP) is -2.02. The second kappa shape index (κ2) is 11.3. The predicted molar refractivity (Wildman–Crippen MR) is 92.7 cm³/mol. The van der Waals surface area contributed by atoms with Gasteiger partial charge in [0.05, 0.1) is 13.2 Å². The maximum absolute atomic E-state index is 9.53. The van der Waals surface area contributed by atoms with Crippen LogP contribution in [0.3, 0.4) is 0 Å². The molecule has 2 fully saturated rings. The number of aliphatic hydroxyl groups is 2. The van der Waals surface area contributed by atoms with Gasteiger partial charge in [-0.25, -0.2) is 0 Å². The number of nitrogens with one attached hydrogen (secondary N) is 5. The Morgan fingerprint density at radius 3 is 1.57 bits per heavy atom. The molecule has 2 rings (SSSR count). The smallest absolute Gasteiger partial charge is 0.0597 e.